The van der Waals surface area contributed by atoms with Crippen LogP contribution in [0.4, 0.5) is 0 Å². The van der Waals surface area contributed by atoms with Crippen molar-refractivity contribution < 1.29 is 14.6 Å². The molecule has 1 heterocycles. The van der Waals surface area contributed by atoms with Crippen LogP contribution >= 0.6 is 0 Å². The summed E-state index contributed by atoms with van der Waals surface area (Å²) in [5.41, 5.74) is 3.15. The number of aryl methyl sites for hydroxylation is 1. The number of hydrogen-bond donors (Lipinski definition) is 1. The molecule has 2 rings (SSSR count). The van der Waals surface area contributed by atoms with E-state index in [1.54, 1.807) is 19.1 Å². The Bertz CT molecular complexity index is 728. The van der Waals surface area contributed by atoms with E-state index in [-0.39, 0.29) is 11.7 Å². The normalized spacial score (nSPS) is 10.9. The Morgan fingerprint density at radius 2 is 2.13 bits per heavy atom. The van der Waals surface area contributed by atoms with E-state index in [1.807, 2.05) is 13.0 Å². The van der Waals surface area contributed by atoms with Crippen molar-refractivity contribution in [3.63, 3.8) is 0 Å². The fourth-order valence-corrected chi connectivity index (χ4v) is 3.03. The van der Waals surface area contributed by atoms with Crippen molar-refractivity contribution in [2.45, 2.75) is 46.6 Å². The molecule has 4 nitrogen and oxygen atoms in total. The van der Waals surface area contributed by atoms with Crippen LogP contribution in [0.3, 0.4) is 0 Å². The zero-order valence-electron chi connectivity index (χ0n) is 14.2. The summed E-state index contributed by atoms with van der Waals surface area (Å²) >= 11 is 0. The predicted molar refractivity (Wildman–Crippen MR) is 93.1 cm³/mol. The van der Waals surface area contributed by atoms with Crippen LogP contribution < -0.4 is 0 Å². The lowest BCUT2D eigenvalue weighted by Crippen LogP contribution is -2.08. The van der Waals surface area contributed by atoms with E-state index in [0.29, 0.717) is 18.6 Å². The minimum absolute atomic E-state index is 0.190. The zero-order chi connectivity index (χ0) is 17.0. The topological polar surface area (TPSA) is 51.5 Å². The molecule has 23 heavy (non-hydrogen) atoms. The van der Waals surface area contributed by atoms with E-state index >= 15 is 0 Å². The van der Waals surface area contributed by atoms with E-state index in [2.05, 4.69) is 18.1 Å². The Morgan fingerprint density at radius 3 is 2.74 bits per heavy atom. The molecule has 0 spiro atoms. The van der Waals surface area contributed by atoms with Crippen molar-refractivity contribution in [3.05, 3.63) is 41.6 Å². The molecule has 0 aliphatic rings. The van der Waals surface area contributed by atoms with Gasteiger partial charge in [-0.25, -0.2) is 4.79 Å². The molecule has 2 aromatic rings. The van der Waals surface area contributed by atoms with Gasteiger partial charge in [0, 0.05) is 28.7 Å². The highest BCUT2D eigenvalue weighted by Gasteiger charge is 2.24. The lowest BCUT2D eigenvalue weighted by atomic mass is 10.0. The lowest BCUT2D eigenvalue weighted by Gasteiger charge is -2.08. The number of unbranched alkanes of at least 4 members (excludes halogenated alkanes) is 1. The van der Waals surface area contributed by atoms with Crippen LogP contribution in [0, 0.1) is 6.92 Å². The monoisotopic (exact) mass is 315 g/mol. The summed E-state index contributed by atoms with van der Waals surface area (Å²) in [4.78, 5) is 12.5. The second kappa shape index (κ2) is 7.36. The number of phenols is 1. The van der Waals surface area contributed by atoms with Gasteiger partial charge in [0.25, 0.3) is 0 Å². The van der Waals surface area contributed by atoms with Gasteiger partial charge < -0.3 is 14.4 Å². The van der Waals surface area contributed by atoms with Gasteiger partial charge in [-0.1, -0.05) is 19.4 Å². The summed E-state index contributed by atoms with van der Waals surface area (Å²) < 4.78 is 7.40. The van der Waals surface area contributed by atoms with Gasteiger partial charge in [-0.2, -0.15) is 0 Å². The Morgan fingerprint density at radius 1 is 1.39 bits per heavy atom. The van der Waals surface area contributed by atoms with Gasteiger partial charge in [-0.3, -0.25) is 0 Å². The van der Waals surface area contributed by atoms with Crippen LogP contribution in [0.5, 0.6) is 5.75 Å². The molecule has 124 valence electrons. The number of carbonyl (C=O) groups excluding carboxylic acids is 1. The van der Waals surface area contributed by atoms with Gasteiger partial charge in [0.15, 0.2) is 0 Å². The highest BCUT2D eigenvalue weighted by molar-refractivity contribution is 6.08. The summed E-state index contributed by atoms with van der Waals surface area (Å²) in [6.45, 7) is 10.8. The number of carbonyl (C=O) groups is 1. The molecule has 1 aromatic heterocycles. The van der Waals surface area contributed by atoms with Crippen LogP contribution in [0.15, 0.2) is 24.8 Å². The highest BCUT2D eigenvalue weighted by atomic mass is 16.5. The first-order chi connectivity index (χ1) is 11.1. The van der Waals surface area contributed by atoms with Crippen molar-refractivity contribution in [3.8, 4) is 5.75 Å². The first kappa shape index (κ1) is 17.1. The van der Waals surface area contributed by atoms with Crippen LogP contribution in [0.1, 0.15) is 48.3 Å². The third-order valence-corrected chi connectivity index (χ3v) is 4.14. The molecule has 1 aromatic carbocycles. The van der Waals surface area contributed by atoms with Crippen molar-refractivity contribution in [1.82, 2.24) is 4.57 Å². The lowest BCUT2D eigenvalue weighted by molar-refractivity contribution is 0.0527. The number of nitrogens with zero attached hydrogens (tertiary/aromatic N) is 1. The van der Waals surface area contributed by atoms with Crippen molar-refractivity contribution in [2.75, 3.05) is 6.61 Å². The standard InChI is InChI=1S/C19H25NO3/c1-5-8-12-20-13(4)17(19(22)23-7-3)18-14(9-6-2)16(21)11-10-15(18)20/h6,10-11,21H,2,5,7-9,12H2,1,3-4H3. The molecule has 0 saturated heterocycles. The Balaban J connectivity index is 2.78. The van der Waals surface area contributed by atoms with Gasteiger partial charge in [0.2, 0.25) is 0 Å². The van der Waals surface area contributed by atoms with Crippen molar-refractivity contribution >= 4 is 16.9 Å². The molecule has 4 heteroatoms. The summed E-state index contributed by atoms with van der Waals surface area (Å²) in [6.07, 6.45) is 4.35. The fraction of sp³-hybridized carbons (Fsp3) is 0.421. The Kier molecular flexibility index (Phi) is 5.48. The fourth-order valence-electron chi connectivity index (χ4n) is 3.03. The molecule has 1 N–H and O–H groups in total. The number of fused-ring (bicyclic) bond motifs is 1. The molecule has 0 amide bonds. The number of aromatic nitrogens is 1. The molecule has 0 bridgehead atoms. The zero-order valence-corrected chi connectivity index (χ0v) is 14.2. The number of hydrogen-bond acceptors (Lipinski definition) is 3. The van der Waals surface area contributed by atoms with E-state index in [1.165, 1.54) is 0 Å². The largest absolute Gasteiger partial charge is 0.508 e. The van der Waals surface area contributed by atoms with Gasteiger partial charge in [0.05, 0.1) is 12.2 Å². The van der Waals surface area contributed by atoms with E-state index in [0.717, 1.165) is 41.5 Å². The number of aromatic hydroxyl groups is 1. The van der Waals surface area contributed by atoms with Gasteiger partial charge in [-0.15, -0.1) is 6.58 Å². The number of rotatable bonds is 7. The first-order valence-electron chi connectivity index (χ1n) is 8.18. The summed E-state index contributed by atoms with van der Waals surface area (Å²) in [5.74, 6) is -0.142. The second-order valence-electron chi connectivity index (χ2n) is 5.64. The van der Waals surface area contributed by atoms with E-state index in [4.69, 9.17) is 4.74 Å². The maximum atomic E-state index is 12.5. The molecule has 0 saturated carbocycles. The molecule has 0 aliphatic carbocycles. The molecule has 0 fully saturated rings. The maximum Gasteiger partial charge on any atom is 0.340 e. The van der Waals surface area contributed by atoms with Gasteiger partial charge in [0.1, 0.15) is 5.75 Å². The molecule has 0 atom stereocenters. The number of ether oxygens (including phenoxy) is 1. The van der Waals surface area contributed by atoms with Crippen molar-refractivity contribution in [2.24, 2.45) is 0 Å². The van der Waals surface area contributed by atoms with E-state index in [9.17, 15) is 9.90 Å². The predicted octanol–water partition coefficient (Wildman–Crippen LogP) is 4.36. The maximum absolute atomic E-state index is 12.5. The number of benzene rings is 1. The SMILES string of the molecule is C=CCc1c(O)ccc2c1c(C(=O)OCC)c(C)n2CCCC. The molecule has 0 aliphatic heterocycles. The van der Waals surface area contributed by atoms with Crippen LogP contribution in [-0.4, -0.2) is 22.2 Å². The molecular weight excluding hydrogens is 290 g/mol. The third kappa shape index (κ3) is 3.11. The highest BCUT2D eigenvalue weighted by Crippen LogP contribution is 2.35. The van der Waals surface area contributed by atoms with Crippen LogP contribution in [-0.2, 0) is 17.7 Å². The number of allylic oxidation sites excluding steroid dienone is 1. The minimum Gasteiger partial charge on any atom is -0.508 e. The summed E-state index contributed by atoms with van der Waals surface area (Å²) in [7, 11) is 0. The third-order valence-electron chi connectivity index (χ3n) is 4.14. The molecule has 0 radical (unpaired) electrons. The Labute approximate surface area is 137 Å². The number of esters is 1. The summed E-state index contributed by atoms with van der Waals surface area (Å²) in [5, 5.41) is 11.0. The smallest absolute Gasteiger partial charge is 0.340 e. The first-order valence-corrected chi connectivity index (χ1v) is 8.18. The second-order valence-corrected chi connectivity index (χ2v) is 5.64. The summed E-state index contributed by atoms with van der Waals surface area (Å²) in [6, 6.07) is 3.57. The van der Waals surface area contributed by atoms with Gasteiger partial charge in [-0.05, 0) is 38.8 Å². The number of phenolic OH excluding ortho intramolecular Hbond substituents is 1. The average Bonchev–Trinajstić information content (AvgIpc) is 2.80. The van der Waals surface area contributed by atoms with Crippen LogP contribution in [0.2, 0.25) is 0 Å². The minimum atomic E-state index is -0.332. The van der Waals surface area contributed by atoms with Crippen molar-refractivity contribution in [1.29, 1.82) is 0 Å². The quantitative estimate of drug-likeness (QED) is 0.610. The molecular formula is C19H25NO3. The van der Waals surface area contributed by atoms with E-state index < -0.39 is 0 Å². The average molecular weight is 315 g/mol. The van der Waals surface area contributed by atoms with Gasteiger partial charge >= 0.3 is 5.97 Å². The Hall–Kier alpha value is -2.23. The molecule has 0 unspecified atom stereocenters. The van der Waals surface area contributed by atoms with Crippen LogP contribution in [0.25, 0.3) is 10.9 Å².